The van der Waals surface area contributed by atoms with Crippen molar-refractivity contribution in [3.63, 3.8) is 0 Å². The molecule has 3 heteroatoms. The first-order chi connectivity index (χ1) is 12.7. The first kappa shape index (κ1) is 21.9. The fraction of sp³-hybridized carbons (Fsp3) is 0.708. The summed E-state index contributed by atoms with van der Waals surface area (Å²) in [5, 5.41) is 0. The van der Waals surface area contributed by atoms with Crippen molar-refractivity contribution in [2.75, 3.05) is 6.61 Å². The van der Waals surface area contributed by atoms with Crippen molar-refractivity contribution >= 4 is 5.97 Å². The maximum Gasteiger partial charge on any atom is 0.306 e. The molecule has 0 N–H and O–H groups in total. The van der Waals surface area contributed by atoms with E-state index < -0.39 is 5.60 Å². The predicted octanol–water partition coefficient (Wildman–Crippen LogP) is 6.27. The van der Waals surface area contributed by atoms with Gasteiger partial charge in [0.05, 0.1) is 12.2 Å². The first-order valence-corrected chi connectivity index (χ1v) is 10.6. The quantitative estimate of drug-likeness (QED) is 0.478. The largest absolute Gasteiger partial charge is 0.460 e. The van der Waals surface area contributed by atoms with Crippen molar-refractivity contribution in [2.24, 2.45) is 5.92 Å². The molecule has 0 saturated carbocycles. The van der Waals surface area contributed by atoms with Crippen LogP contribution >= 0.6 is 0 Å². The lowest BCUT2D eigenvalue weighted by atomic mass is 9.81. The molecule has 0 spiro atoms. The van der Waals surface area contributed by atoms with Gasteiger partial charge in [0.25, 0.3) is 0 Å². The highest BCUT2D eigenvalue weighted by Crippen LogP contribution is 2.43. The van der Waals surface area contributed by atoms with Crippen molar-refractivity contribution < 1.29 is 14.3 Å². The van der Waals surface area contributed by atoms with Gasteiger partial charge in [0.15, 0.2) is 0 Å². The van der Waals surface area contributed by atoms with Gasteiger partial charge in [0, 0.05) is 12.3 Å². The Morgan fingerprint density at radius 3 is 2.56 bits per heavy atom. The molecule has 152 valence electrons. The monoisotopic (exact) mass is 374 g/mol. The lowest BCUT2D eigenvalue weighted by Crippen LogP contribution is -2.28. The van der Waals surface area contributed by atoms with Crippen LogP contribution in [0.15, 0.2) is 30.3 Å². The Morgan fingerprint density at radius 1 is 1.22 bits per heavy atom. The minimum Gasteiger partial charge on any atom is -0.460 e. The van der Waals surface area contributed by atoms with Crippen molar-refractivity contribution in [1.82, 2.24) is 0 Å². The Kier molecular flexibility index (Phi) is 7.91. The fourth-order valence-electron chi connectivity index (χ4n) is 4.12. The predicted molar refractivity (Wildman–Crippen MR) is 111 cm³/mol. The first-order valence-electron chi connectivity index (χ1n) is 10.6. The highest BCUT2D eigenvalue weighted by atomic mass is 16.6. The Balaban J connectivity index is 1.83. The van der Waals surface area contributed by atoms with Crippen molar-refractivity contribution in [3.8, 4) is 0 Å². The fourth-order valence-corrected chi connectivity index (χ4v) is 4.12. The summed E-state index contributed by atoms with van der Waals surface area (Å²) in [4.78, 5) is 11.9. The third kappa shape index (κ3) is 7.29. The standard InChI is InChI=1S/C24H38O3/c1-6-15-24(17-21(18-26-24)20-10-8-7-9-11-20)16-14-19(2)12-13-22(25)27-23(3,4)5/h7-11,19,21H,6,12-18H2,1-5H3. The summed E-state index contributed by atoms with van der Waals surface area (Å²) < 4.78 is 11.8. The molecule has 1 aromatic rings. The van der Waals surface area contributed by atoms with E-state index in [1.54, 1.807) is 0 Å². The number of hydrogen-bond donors (Lipinski definition) is 0. The number of hydrogen-bond acceptors (Lipinski definition) is 3. The Hall–Kier alpha value is -1.35. The Labute approximate surface area is 165 Å². The highest BCUT2D eigenvalue weighted by Gasteiger charge is 2.39. The number of ether oxygens (including phenoxy) is 2. The molecule has 3 unspecified atom stereocenters. The number of esters is 1. The van der Waals surface area contributed by atoms with Crippen LogP contribution in [0.3, 0.4) is 0 Å². The van der Waals surface area contributed by atoms with E-state index in [1.807, 2.05) is 20.8 Å². The minimum atomic E-state index is -0.393. The van der Waals surface area contributed by atoms with Crippen molar-refractivity contribution in [2.45, 2.75) is 96.7 Å². The zero-order chi connectivity index (χ0) is 19.9. The summed E-state index contributed by atoms with van der Waals surface area (Å²) in [6, 6.07) is 10.8. The topological polar surface area (TPSA) is 35.5 Å². The van der Waals surface area contributed by atoms with E-state index in [4.69, 9.17) is 9.47 Å². The lowest BCUT2D eigenvalue weighted by Gasteiger charge is -2.30. The van der Waals surface area contributed by atoms with Gasteiger partial charge in [-0.05, 0) is 64.4 Å². The van der Waals surface area contributed by atoms with Crippen LogP contribution in [0.2, 0.25) is 0 Å². The van der Waals surface area contributed by atoms with Gasteiger partial charge < -0.3 is 9.47 Å². The second-order valence-corrected chi connectivity index (χ2v) is 9.32. The Morgan fingerprint density at radius 2 is 1.93 bits per heavy atom. The number of carbonyl (C=O) groups is 1. The van der Waals surface area contributed by atoms with Crippen LogP contribution in [0, 0.1) is 5.92 Å². The summed E-state index contributed by atoms with van der Waals surface area (Å²) in [5.74, 6) is 0.930. The molecule has 1 aliphatic heterocycles. The molecular formula is C24H38O3. The van der Waals surface area contributed by atoms with E-state index in [0.717, 1.165) is 45.1 Å². The summed E-state index contributed by atoms with van der Waals surface area (Å²) >= 11 is 0. The molecule has 0 aromatic heterocycles. The van der Waals surface area contributed by atoms with Crippen LogP contribution < -0.4 is 0 Å². The van der Waals surface area contributed by atoms with E-state index in [1.165, 1.54) is 5.56 Å². The van der Waals surface area contributed by atoms with E-state index in [0.29, 0.717) is 18.3 Å². The lowest BCUT2D eigenvalue weighted by molar-refractivity contribution is -0.155. The molecule has 3 nitrogen and oxygen atoms in total. The highest BCUT2D eigenvalue weighted by molar-refractivity contribution is 5.69. The van der Waals surface area contributed by atoms with E-state index in [2.05, 4.69) is 44.2 Å². The summed E-state index contributed by atoms with van der Waals surface area (Å²) in [7, 11) is 0. The number of benzene rings is 1. The SMILES string of the molecule is CCCC1(CCC(C)CCC(=O)OC(C)(C)C)CC(c2ccccc2)CO1. The molecule has 2 rings (SSSR count). The molecule has 27 heavy (non-hydrogen) atoms. The van der Waals surface area contributed by atoms with Gasteiger partial charge >= 0.3 is 5.97 Å². The van der Waals surface area contributed by atoms with E-state index in [-0.39, 0.29) is 11.6 Å². The molecule has 1 saturated heterocycles. The zero-order valence-corrected chi connectivity index (χ0v) is 17.9. The van der Waals surface area contributed by atoms with Gasteiger partial charge in [0.2, 0.25) is 0 Å². The maximum atomic E-state index is 11.9. The molecule has 0 amide bonds. The molecule has 0 aliphatic carbocycles. The molecular weight excluding hydrogens is 336 g/mol. The van der Waals surface area contributed by atoms with Crippen LogP contribution in [0.4, 0.5) is 0 Å². The number of rotatable bonds is 9. The Bertz CT molecular complexity index is 575. The molecule has 3 atom stereocenters. The van der Waals surface area contributed by atoms with Gasteiger partial charge in [0.1, 0.15) is 5.60 Å². The summed E-state index contributed by atoms with van der Waals surface area (Å²) in [6.07, 6.45) is 6.96. The van der Waals surface area contributed by atoms with E-state index in [9.17, 15) is 4.79 Å². The normalized spacial score (nSPS) is 24.0. The van der Waals surface area contributed by atoms with Crippen LogP contribution in [-0.2, 0) is 14.3 Å². The van der Waals surface area contributed by atoms with Crippen molar-refractivity contribution in [3.05, 3.63) is 35.9 Å². The second-order valence-electron chi connectivity index (χ2n) is 9.32. The molecule has 1 aliphatic rings. The smallest absolute Gasteiger partial charge is 0.306 e. The maximum absolute atomic E-state index is 11.9. The van der Waals surface area contributed by atoms with Gasteiger partial charge in [-0.1, -0.05) is 50.6 Å². The van der Waals surface area contributed by atoms with Crippen LogP contribution in [0.25, 0.3) is 0 Å². The second kappa shape index (κ2) is 9.73. The minimum absolute atomic E-state index is 0.00936. The zero-order valence-electron chi connectivity index (χ0n) is 17.9. The summed E-state index contributed by atoms with van der Waals surface area (Å²) in [6.45, 7) is 11.1. The molecule has 0 radical (unpaired) electrons. The average Bonchev–Trinajstić information content (AvgIpc) is 3.02. The van der Waals surface area contributed by atoms with Gasteiger partial charge in [-0.15, -0.1) is 0 Å². The molecule has 0 bridgehead atoms. The third-order valence-corrected chi connectivity index (χ3v) is 5.54. The van der Waals surface area contributed by atoms with Crippen LogP contribution in [0.5, 0.6) is 0 Å². The van der Waals surface area contributed by atoms with Crippen molar-refractivity contribution in [1.29, 1.82) is 0 Å². The van der Waals surface area contributed by atoms with Crippen LogP contribution in [0.1, 0.15) is 91.0 Å². The number of carbonyl (C=O) groups excluding carboxylic acids is 1. The van der Waals surface area contributed by atoms with Crippen LogP contribution in [-0.4, -0.2) is 23.8 Å². The van der Waals surface area contributed by atoms with Gasteiger partial charge in [-0.2, -0.15) is 0 Å². The summed E-state index contributed by atoms with van der Waals surface area (Å²) in [5.41, 5.74) is 1.01. The molecule has 1 fully saturated rings. The van der Waals surface area contributed by atoms with Gasteiger partial charge in [-0.25, -0.2) is 0 Å². The third-order valence-electron chi connectivity index (χ3n) is 5.54. The van der Waals surface area contributed by atoms with E-state index >= 15 is 0 Å². The van der Waals surface area contributed by atoms with Gasteiger partial charge in [-0.3, -0.25) is 4.79 Å². The molecule has 1 aromatic carbocycles. The molecule has 1 heterocycles. The average molecular weight is 375 g/mol.